The Kier molecular flexibility index (Phi) is 7.77. The van der Waals surface area contributed by atoms with Gasteiger partial charge in [-0.05, 0) is 79.1 Å². The predicted octanol–water partition coefficient (Wildman–Crippen LogP) is 5.00. The first-order chi connectivity index (χ1) is 20.6. The molecule has 3 heterocycles. The number of hydrogen-bond acceptors (Lipinski definition) is 6. The van der Waals surface area contributed by atoms with Crippen molar-refractivity contribution in [3.63, 3.8) is 0 Å². The maximum absolute atomic E-state index is 14.4. The fraction of sp³-hybridized carbons (Fsp3) is 0.500. The molecule has 1 aromatic heterocycles. The van der Waals surface area contributed by atoms with Gasteiger partial charge in [-0.3, -0.25) is 9.69 Å². The van der Waals surface area contributed by atoms with E-state index in [-0.39, 0.29) is 41.5 Å². The van der Waals surface area contributed by atoms with Crippen LogP contribution < -0.4 is 4.90 Å². The molecule has 1 saturated carbocycles. The van der Waals surface area contributed by atoms with Crippen LogP contribution in [0.3, 0.4) is 0 Å². The van der Waals surface area contributed by atoms with E-state index in [4.69, 9.17) is 0 Å². The van der Waals surface area contributed by atoms with Crippen molar-refractivity contribution in [2.24, 2.45) is 18.9 Å². The lowest BCUT2D eigenvalue weighted by Gasteiger charge is -2.45. The minimum Gasteiger partial charge on any atom is -0.396 e. The first-order valence-corrected chi connectivity index (χ1v) is 14.8. The van der Waals surface area contributed by atoms with Gasteiger partial charge in [-0.25, -0.2) is 0 Å². The fourth-order valence-corrected chi connectivity index (χ4v) is 7.12. The number of halogens is 3. The molecule has 226 valence electrons. The number of alkyl halides is 3. The molecule has 1 amide bonds. The summed E-state index contributed by atoms with van der Waals surface area (Å²) in [5.74, 6) is 0.330. The molecule has 0 spiro atoms. The fourth-order valence-electron chi connectivity index (χ4n) is 7.12. The first kappa shape index (κ1) is 29.3. The lowest BCUT2D eigenvalue weighted by molar-refractivity contribution is -0.138. The van der Waals surface area contributed by atoms with Crippen molar-refractivity contribution in [3.8, 4) is 6.07 Å². The van der Waals surface area contributed by atoms with Crippen molar-refractivity contribution < 1.29 is 23.1 Å². The number of carbonyl (C=O) groups is 1. The lowest BCUT2D eigenvalue weighted by atomic mass is 9.57. The molecule has 0 radical (unpaired) electrons. The zero-order chi connectivity index (χ0) is 30.4. The van der Waals surface area contributed by atoms with Gasteiger partial charge in [0.2, 0.25) is 0 Å². The second-order valence-corrected chi connectivity index (χ2v) is 12.4. The molecular formula is C32H35F3N6O2. The molecule has 0 bridgehead atoms. The molecule has 43 heavy (non-hydrogen) atoms. The second-order valence-electron chi connectivity index (χ2n) is 12.4. The van der Waals surface area contributed by atoms with Crippen LogP contribution in [0.4, 0.5) is 18.9 Å². The number of hydrogen-bond donors (Lipinski definition) is 1. The average molecular weight is 593 g/mol. The molecule has 1 atom stereocenters. The van der Waals surface area contributed by atoms with Gasteiger partial charge in [0.1, 0.15) is 12.2 Å². The monoisotopic (exact) mass is 592 g/mol. The number of aliphatic hydroxyl groups excluding tert-OH is 1. The first-order valence-electron chi connectivity index (χ1n) is 14.8. The summed E-state index contributed by atoms with van der Waals surface area (Å²) in [4.78, 5) is 17.3. The van der Waals surface area contributed by atoms with Crippen LogP contribution in [0.1, 0.15) is 70.5 Å². The molecule has 3 aromatic rings. The third-order valence-electron chi connectivity index (χ3n) is 9.45. The van der Waals surface area contributed by atoms with E-state index in [0.717, 1.165) is 37.2 Å². The van der Waals surface area contributed by atoms with Crippen LogP contribution in [0, 0.1) is 23.2 Å². The van der Waals surface area contributed by atoms with Crippen molar-refractivity contribution in [1.82, 2.24) is 19.7 Å². The Morgan fingerprint density at radius 2 is 2.00 bits per heavy atom. The van der Waals surface area contributed by atoms with Crippen LogP contribution in [-0.4, -0.2) is 50.4 Å². The van der Waals surface area contributed by atoms with Gasteiger partial charge in [-0.15, -0.1) is 10.2 Å². The second kappa shape index (κ2) is 11.4. The van der Waals surface area contributed by atoms with Crippen LogP contribution in [0.5, 0.6) is 0 Å². The molecule has 1 saturated heterocycles. The Hall–Kier alpha value is -3.75. The van der Waals surface area contributed by atoms with Crippen molar-refractivity contribution in [3.05, 3.63) is 76.4 Å². The SMILES string of the molecule is Cn1cnnc1CC1(c2cccc(N3Cc4c(cc(CN5CCCCC(CO)C5)cc4C(F)(F)F)C3=O)c2)CC(C#N)C1. The van der Waals surface area contributed by atoms with E-state index in [1.54, 1.807) is 18.5 Å². The van der Waals surface area contributed by atoms with E-state index in [2.05, 4.69) is 21.2 Å². The third-order valence-corrected chi connectivity index (χ3v) is 9.45. The maximum Gasteiger partial charge on any atom is 0.416 e. The lowest BCUT2D eigenvalue weighted by Crippen LogP contribution is -2.43. The van der Waals surface area contributed by atoms with Crippen LogP contribution in [-0.2, 0) is 38.1 Å². The Balaban J connectivity index is 1.31. The van der Waals surface area contributed by atoms with E-state index in [1.165, 1.54) is 11.0 Å². The molecule has 1 aliphatic carbocycles. The summed E-state index contributed by atoms with van der Waals surface area (Å²) in [6.45, 7) is 1.54. The van der Waals surface area contributed by atoms with E-state index in [9.17, 15) is 28.3 Å². The number of anilines is 1. The number of aliphatic hydroxyl groups is 1. The number of aromatic nitrogens is 3. The number of amides is 1. The summed E-state index contributed by atoms with van der Waals surface area (Å²) in [5.41, 5.74) is 0.854. The minimum atomic E-state index is -4.61. The molecule has 2 aromatic carbocycles. The molecule has 1 unspecified atom stereocenters. The predicted molar refractivity (Wildman–Crippen MR) is 153 cm³/mol. The van der Waals surface area contributed by atoms with Gasteiger partial charge >= 0.3 is 6.18 Å². The number of benzene rings is 2. The molecule has 3 aliphatic rings. The summed E-state index contributed by atoms with van der Waals surface area (Å²) in [6.07, 6.45) is 1.63. The maximum atomic E-state index is 14.4. The standard InChI is InChI=1S/C32H35F3N6O2/c1-39-20-37-38-29(39)14-31(12-23(13-31)15-36)24-6-4-7-25(11-24)41-18-27-26(30(41)43)9-22(10-28(27)32(33,34)35)17-40-8-3-2-5-21(16-40)19-42/h4,6-7,9-11,20-21,23,42H,2-3,5,8,12-14,16-19H2,1H3. The molecular weight excluding hydrogens is 557 g/mol. The Bertz CT molecular complexity index is 1560. The van der Waals surface area contributed by atoms with Gasteiger partial charge in [-0.1, -0.05) is 18.6 Å². The number of fused-ring (bicyclic) bond motifs is 1. The van der Waals surface area contributed by atoms with Crippen LogP contribution in [0.2, 0.25) is 0 Å². The number of aryl methyl sites for hydroxylation is 1. The Morgan fingerprint density at radius 1 is 1.19 bits per heavy atom. The minimum absolute atomic E-state index is 0.00209. The topological polar surface area (TPSA) is 98.3 Å². The summed E-state index contributed by atoms with van der Waals surface area (Å²) in [7, 11) is 1.87. The quantitative estimate of drug-likeness (QED) is 0.415. The summed E-state index contributed by atoms with van der Waals surface area (Å²) in [5, 5.41) is 27.4. The normalized spacial score (nSPS) is 24.4. The highest BCUT2D eigenvalue weighted by Gasteiger charge is 2.47. The van der Waals surface area contributed by atoms with Crippen molar-refractivity contribution in [2.75, 3.05) is 24.6 Å². The van der Waals surface area contributed by atoms with Crippen molar-refractivity contribution in [2.45, 2.75) is 63.2 Å². The zero-order valence-corrected chi connectivity index (χ0v) is 24.1. The molecule has 2 fully saturated rings. The van der Waals surface area contributed by atoms with Gasteiger partial charge < -0.3 is 14.6 Å². The smallest absolute Gasteiger partial charge is 0.396 e. The Morgan fingerprint density at radius 3 is 2.70 bits per heavy atom. The van der Waals surface area contributed by atoms with E-state index < -0.39 is 17.6 Å². The van der Waals surface area contributed by atoms with Crippen LogP contribution >= 0.6 is 0 Å². The summed E-state index contributed by atoms with van der Waals surface area (Å²) in [6, 6.07) is 12.6. The molecule has 11 heteroatoms. The van der Waals surface area contributed by atoms with E-state index in [1.807, 2.05) is 29.8 Å². The molecule has 6 rings (SSSR count). The van der Waals surface area contributed by atoms with Gasteiger partial charge in [0.05, 0.1) is 18.2 Å². The van der Waals surface area contributed by atoms with Gasteiger partial charge in [-0.2, -0.15) is 18.4 Å². The summed E-state index contributed by atoms with van der Waals surface area (Å²) < 4.78 is 45.0. The van der Waals surface area contributed by atoms with Gasteiger partial charge in [0, 0.05) is 55.7 Å². The van der Waals surface area contributed by atoms with Gasteiger partial charge in [0.25, 0.3) is 5.91 Å². The van der Waals surface area contributed by atoms with E-state index in [0.29, 0.717) is 43.6 Å². The number of rotatable bonds is 7. The number of nitrogens with zero attached hydrogens (tertiary/aromatic N) is 6. The molecule has 2 aliphatic heterocycles. The highest BCUT2D eigenvalue weighted by atomic mass is 19.4. The van der Waals surface area contributed by atoms with Crippen LogP contribution in [0.15, 0.2) is 42.7 Å². The zero-order valence-electron chi connectivity index (χ0n) is 24.1. The number of carbonyl (C=O) groups excluding carboxylic acids is 1. The Labute approximate surface area is 248 Å². The van der Waals surface area contributed by atoms with E-state index >= 15 is 0 Å². The van der Waals surface area contributed by atoms with Crippen molar-refractivity contribution in [1.29, 1.82) is 5.26 Å². The average Bonchev–Trinajstić information content (AvgIpc) is 3.43. The third kappa shape index (κ3) is 5.66. The highest BCUT2D eigenvalue weighted by Crippen LogP contribution is 2.50. The van der Waals surface area contributed by atoms with Gasteiger partial charge in [0.15, 0.2) is 0 Å². The van der Waals surface area contributed by atoms with Crippen LogP contribution in [0.25, 0.3) is 0 Å². The highest BCUT2D eigenvalue weighted by molar-refractivity contribution is 6.10. The molecule has 1 N–H and O–H groups in total. The van der Waals surface area contributed by atoms with Crippen molar-refractivity contribution >= 4 is 11.6 Å². The molecule has 8 nitrogen and oxygen atoms in total. The largest absolute Gasteiger partial charge is 0.416 e. The number of likely N-dealkylation sites (tertiary alicyclic amines) is 1. The number of nitriles is 1. The summed E-state index contributed by atoms with van der Waals surface area (Å²) >= 11 is 0.